The monoisotopic (exact) mass is 385 g/mol. The van der Waals surface area contributed by atoms with E-state index in [1.165, 1.54) is 37.7 Å². The van der Waals surface area contributed by atoms with E-state index in [1.807, 2.05) is 6.26 Å². The van der Waals surface area contributed by atoms with Gasteiger partial charge in [0, 0.05) is 31.2 Å². The van der Waals surface area contributed by atoms with Gasteiger partial charge in [-0.25, -0.2) is 0 Å². The molecule has 2 fully saturated rings. The first-order valence-electron chi connectivity index (χ1n) is 10.1. The van der Waals surface area contributed by atoms with Crippen molar-refractivity contribution in [1.82, 2.24) is 5.32 Å². The molecule has 2 aliphatic carbocycles. The van der Waals surface area contributed by atoms with E-state index in [2.05, 4.69) is 5.32 Å². The molecule has 0 spiro atoms. The Labute approximate surface area is 162 Å². The number of rotatable bonds is 10. The molecule has 0 heterocycles. The summed E-state index contributed by atoms with van der Waals surface area (Å²) in [6.07, 6.45) is 10.9. The van der Waals surface area contributed by atoms with Crippen molar-refractivity contribution in [2.24, 2.45) is 17.8 Å². The van der Waals surface area contributed by atoms with E-state index in [0.29, 0.717) is 24.9 Å². The van der Waals surface area contributed by atoms with Gasteiger partial charge >= 0.3 is 0 Å². The number of hydrogen-bond donors (Lipinski definition) is 1. The lowest BCUT2D eigenvalue weighted by molar-refractivity contribution is -0.123. The van der Waals surface area contributed by atoms with Gasteiger partial charge in [0.2, 0.25) is 5.91 Å². The maximum atomic E-state index is 12.0. The minimum absolute atomic E-state index is 0.0780. The number of hydrogen-bond acceptors (Lipinski definition) is 5. The zero-order valence-electron chi connectivity index (χ0n) is 16.3. The summed E-state index contributed by atoms with van der Waals surface area (Å²) in [4.78, 5) is 23.4. The Hall–Kier alpha value is -0.590. The van der Waals surface area contributed by atoms with Crippen molar-refractivity contribution in [2.45, 2.75) is 70.8 Å². The standard InChI is InChI=1S/C20H35NO4S/c1-15(22)18-7-9-19(10-8-18)21-20(23)11-12-24-13-16-3-5-17(6-4-16)14-25-26-2/h16-19H,3-14H2,1-2H3,(H,21,23). The van der Waals surface area contributed by atoms with Crippen LogP contribution in [0.25, 0.3) is 0 Å². The Morgan fingerprint density at radius 3 is 2.15 bits per heavy atom. The lowest BCUT2D eigenvalue weighted by Crippen LogP contribution is -2.38. The normalized spacial score (nSPS) is 29.3. The summed E-state index contributed by atoms with van der Waals surface area (Å²) in [6, 6.07) is 0.233. The van der Waals surface area contributed by atoms with Crippen LogP contribution >= 0.6 is 12.0 Å². The summed E-state index contributed by atoms with van der Waals surface area (Å²) in [5.41, 5.74) is 0. The molecule has 26 heavy (non-hydrogen) atoms. The third kappa shape index (κ3) is 7.97. The third-order valence-corrected chi connectivity index (χ3v) is 6.25. The molecule has 0 atom stereocenters. The van der Waals surface area contributed by atoms with Gasteiger partial charge in [-0.3, -0.25) is 9.59 Å². The number of carbonyl (C=O) groups is 2. The maximum absolute atomic E-state index is 12.0. The smallest absolute Gasteiger partial charge is 0.222 e. The first-order chi connectivity index (χ1) is 12.6. The number of Topliss-reactive ketones (excluding diaryl/α,β-unsaturated/α-hetero) is 1. The highest BCUT2D eigenvalue weighted by atomic mass is 32.2. The largest absolute Gasteiger partial charge is 0.381 e. The number of ketones is 1. The van der Waals surface area contributed by atoms with Crippen LogP contribution in [-0.2, 0) is 18.5 Å². The first-order valence-corrected chi connectivity index (χ1v) is 11.3. The van der Waals surface area contributed by atoms with Gasteiger partial charge in [0.25, 0.3) is 0 Å². The lowest BCUT2D eigenvalue weighted by Gasteiger charge is -2.28. The van der Waals surface area contributed by atoms with Crippen molar-refractivity contribution >= 4 is 23.7 Å². The topological polar surface area (TPSA) is 64.6 Å². The minimum Gasteiger partial charge on any atom is -0.381 e. The van der Waals surface area contributed by atoms with Crippen LogP contribution in [0.1, 0.15) is 64.7 Å². The van der Waals surface area contributed by atoms with E-state index in [9.17, 15) is 9.59 Å². The summed E-state index contributed by atoms with van der Waals surface area (Å²) in [7, 11) is 0. The molecular formula is C20H35NO4S. The number of carbonyl (C=O) groups excluding carboxylic acids is 2. The molecule has 0 aliphatic heterocycles. The van der Waals surface area contributed by atoms with Gasteiger partial charge in [-0.15, -0.1) is 0 Å². The molecule has 2 rings (SSSR count). The zero-order valence-corrected chi connectivity index (χ0v) is 17.2. The molecule has 150 valence electrons. The van der Waals surface area contributed by atoms with Gasteiger partial charge in [-0.2, -0.15) is 0 Å². The summed E-state index contributed by atoms with van der Waals surface area (Å²) in [6.45, 7) is 3.81. The van der Waals surface area contributed by atoms with Gasteiger partial charge in [-0.05, 0) is 82.2 Å². The highest BCUT2D eigenvalue weighted by Gasteiger charge is 2.25. The average Bonchev–Trinajstić information content (AvgIpc) is 2.65. The van der Waals surface area contributed by atoms with E-state index in [1.54, 1.807) is 6.92 Å². The van der Waals surface area contributed by atoms with Crippen molar-refractivity contribution in [3.63, 3.8) is 0 Å². The number of ether oxygens (including phenoxy) is 1. The molecular weight excluding hydrogens is 350 g/mol. The summed E-state index contributed by atoms with van der Waals surface area (Å²) >= 11 is 1.45. The van der Waals surface area contributed by atoms with E-state index < -0.39 is 0 Å². The molecule has 0 radical (unpaired) electrons. The highest BCUT2D eigenvalue weighted by molar-refractivity contribution is 7.93. The minimum atomic E-state index is 0.0780. The fourth-order valence-corrected chi connectivity index (χ4v) is 4.42. The first kappa shape index (κ1) is 21.7. The van der Waals surface area contributed by atoms with Crippen molar-refractivity contribution in [1.29, 1.82) is 0 Å². The third-order valence-electron chi connectivity index (χ3n) is 5.88. The molecule has 0 aromatic rings. The molecule has 1 N–H and O–H groups in total. The molecule has 0 aromatic heterocycles. The number of nitrogens with one attached hydrogen (secondary N) is 1. The second-order valence-corrected chi connectivity index (χ2v) is 8.46. The Bertz CT molecular complexity index is 430. The fraction of sp³-hybridized carbons (Fsp3) is 0.900. The SMILES string of the molecule is CSOCC1CCC(COCCC(=O)NC2CCC(C(C)=O)CC2)CC1. The molecule has 1 amide bonds. The number of amides is 1. The van der Waals surface area contributed by atoms with Gasteiger partial charge < -0.3 is 14.2 Å². The van der Waals surface area contributed by atoms with Gasteiger partial charge in [0.1, 0.15) is 5.78 Å². The summed E-state index contributed by atoms with van der Waals surface area (Å²) < 4.78 is 11.2. The second kappa shape index (κ2) is 12.0. The molecule has 0 saturated heterocycles. The molecule has 0 aromatic carbocycles. The average molecular weight is 386 g/mol. The van der Waals surface area contributed by atoms with Gasteiger partial charge in [-0.1, -0.05) is 0 Å². The predicted octanol–water partition coefficient (Wildman–Crippen LogP) is 3.76. The van der Waals surface area contributed by atoms with E-state index in [4.69, 9.17) is 8.92 Å². The Morgan fingerprint density at radius 1 is 0.962 bits per heavy atom. The van der Waals surface area contributed by atoms with Crippen molar-refractivity contribution < 1.29 is 18.5 Å². The molecule has 5 nitrogen and oxygen atoms in total. The van der Waals surface area contributed by atoms with Crippen LogP contribution in [-0.4, -0.2) is 43.8 Å². The zero-order chi connectivity index (χ0) is 18.8. The van der Waals surface area contributed by atoms with Crippen LogP contribution in [0.4, 0.5) is 0 Å². The Balaban J connectivity index is 1.48. The second-order valence-electron chi connectivity index (χ2n) is 7.89. The van der Waals surface area contributed by atoms with Crippen LogP contribution < -0.4 is 5.32 Å². The fourth-order valence-electron chi connectivity index (χ4n) is 4.09. The van der Waals surface area contributed by atoms with Crippen molar-refractivity contribution in [2.75, 3.05) is 26.1 Å². The lowest BCUT2D eigenvalue weighted by atomic mass is 9.83. The molecule has 6 heteroatoms. The van der Waals surface area contributed by atoms with Crippen molar-refractivity contribution in [3.05, 3.63) is 0 Å². The van der Waals surface area contributed by atoms with Crippen LogP contribution in [0.3, 0.4) is 0 Å². The molecule has 2 aliphatic rings. The predicted molar refractivity (Wildman–Crippen MR) is 105 cm³/mol. The Morgan fingerprint density at radius 2 is 1.58 bits per heavy atom. The van der Waals surface area contributed by atoms with Gasteiger partial charge in [0.05, 0.1) is 13.2 Å². The van der Waals surface area contributed by atoms with Crippen LogP contribution in [0.15, 0.2) is 0 Å². The molecule has 0 unspecified atom stereocenters. The molecule has 2 saturated carbocycles. The van der Waals surface area contributed by atoms with E-state index in [0.717, 1.165) is 38.9 Å². The summed E-state index contributed by atoms with van der Waals surface area (Å²) in [5, 5.41) is 3.10. The quantitative estimate of drug-likeness (QED) is 0.458. The molecule has 0 bridgehead atoms. The van der Waals surface area contributed by atoms with E-state index in [-0.39, 0.29) is 23.7 Å². The Kier molecular flexibility index (Phi) is 10.0. The highest BCUT2D eigenvalue weighted by Crippen LogP contribution is 2.29. The van der Waals surface area contributed by atoms with Crippen LogP contribution in [0.2, 0.25) is 0 Å². The summed E-state index contributed by atoms with van der Waals surface area (Å²) in [5.74, 6) is 1.89. The van der Waals surface area contributed by atoms with Crippen molar-refractivity contribution in [3.8, 4) is 0 Å². The van der Waals surface area contributed by atoms with Crippen LogP contribution in [0.5, 0.6) is 0 Å². The van der Waals surface area contributed by atoms with Gasteiger partial charge in [0.15, 0.2) is 0 Å². The maximum Gasteiger partial charge on any atom is 0.222 e. The van der Waals surface area contributed by atoms with Crippen LogP contribution in [0, 0.1) is 17.8 Å². The van der Waals surface area contributed by atoms with E-state index >= 15 is 0 Å².